The molecule has 0 aliphatic heterocycles. The van der Waals surface area contributed by atoms with Crippen molar-refractivity contribution in [2.75, 3.05) is 0 Å². The van der Waals surface area contributed by atoms with Gasteiger partial charge < -0.3 is 5.32 Å². The number of carbonyl (C=O) groups is 1. The zero-order valence-corrected chi connectivity index (χ0v) is 19.5. The number of nitrogens with one attached hydrogen (secondary N) is 1. The lowest BCUT2D eigenvalue weighted by atomic mass is 10.2. The van der Waals surface area contributed by atoms with E-state index in [1.807, 2.05) is 30.5 Å². The van der Waals surface area contributed by atoms with Crippen LogP contribution in [0, 0.1) is 6.92 Å². The third-order valence-corrected chi connectivity index (χ3v) is 6.04. The van der Waals surface area contributed by atoms with Crippen LogP contribution in [-0.4, -0.2) is 20.7 Å². The molecule has 0 fully saturated rings. The molecule has 3 rings (SSSR count). The number of benzene rings is 2. The van der Waals surface area contributed by atoms with Gasteiger partial charge in [-0.2, -0.15) is 0 Å². The normalized spacial score (nSPS) is 12.0. The number of hydrogen-bond donors (Lipinski definition) is 1. The van der Waals surface area contributed by atoms with Gasteiger partial charge >= 0.3 is 0 Å². The van der Waals surface area contributed by atoms with E-state index in [4.69, 9.17) is 23.2 Å². The quantitative estimate of drug-likeness (QED) is 0.407. The lowest BCUT2D eigenvalue weighted by Crippen LogP contribution is -2.28. The molecular formula is C22H24Cl2N4OS. The van der Waals surface area contributed by atoms with E-state index in [1.54, 1.807) is 23.9 Å². The molecule has 0 saturated heterocycles. The average molecular weight is 463 g/mol. The molecule has 30 heavy (non-hydrogen) atoms. The van der Waals surface area contributed by atoms with Gasteiger partial charge in [0.1, 0.15) is 0 Å². The van der Waals surface area contributed by atoms with Gasteiger partial charge in [0.15, 0.2) is 11.0 Å². The van der Waals surface area contributed by atoms with Gasteiger partial charge in [-0.3, -0.25) is 9.36 Å². The SMILES string of the molecule is CCCC(=O)NC(C)c1nnc(SCc2cccc(C)c2)n1-c1ccc(Cl)cc1Cl. The fourth-order valence-corrected chi connectivity index (χ4v) is 4.49. The van der Waals surface area contributed by atoms with Crippen molar-refractivity contribution in [3.8, 4) is 5.69 Å². The fourth-order valence-electron chi connectivity index (χ4n) is 3.10. The van der Waals surface area contributed by atoms with E-state index in [2.05, 4.69) is 40.6 Å². The summed E-state index contributed by atoms with van der Waals surface area (Å²) in [6.07, 6.45) is 1.25. The van der Waals surface area contributed by atoms with E-state index in [1.165, 1.54) is 11.1 Å². The van der Waals surface area contributed by atoms with E-state index in [0.29, 0.717) is 27.4 Å². The fraction of sp³-hybridized carbons (Fsp3) is 0.318. The molecule has 2 aromatic carbocycles. The second-order valence-corrected chi connectivity index (χ2v) is 8.87. The largest absolute Gasteiger partial charge is 0.346 e. The highest BCUT2D eigenvalue weighted by molar-refractivity contribution is 7.98. The molecule has 0 saturated carbocycles. The molecule has 0 aliphatic rings. The number of aryl methyl sites for hydroxylation is 1. The van der Waals surface area contributed by atoms with Crippen LogP contribution in [0.5, 0.6) is 0 Å². The maximum Gasteiger partial charge on any atom is 0.220 e. The minimum atomic E-state index is -0.323. The maximum absolute atomic E-state index is 12.1. The Kier molecular flexibility index (Phi) is 7.81. The van der Waals surface area contributed by atoms with Gasteiger partial charge in [0.05, 0.1) is 16.8 Å². The minimum Gasteiger partial charge on any atom is -0.346 e. The second-order valence-electron chi connectivity index (χ2n) is 7.09. The van der Waals surface area contributed by atoms with Crippen LogP contribution in [0.4, 0.5) is 0 Å². The molecule has 8 heteroatoms. The molecule has 1 atom stereocenters. The Morgan fingerprint density at radius 3 is 2.70 bits per heavy atom. The van der Waals surface area contributed by atoms with Crippen LogP contribution in [-0.2, 0) is 10.5 Å². The van der Waals surface area contributed by atoms with E-state index in [0.717, 1.165) is 17.9 Å². The van der Waals surface area contributed by atoms with Crippen LogP contribution in [0.25, 0.3) is 5.69 Å². The summed E-state index contributed by atoms with van der Waals surface area (Å²) in [5, 5.41) is 13.5. The lowest BCUT2D eigenvalue weighted by molar-refractivity contribution is -0.121. The summed E-state index contributed by atoms with van der Waals surface area (Å²) >= 11 is 14.2. The number of carbonyl (C=O) groups excluding carboxylic acids is 1. The van der Waals surface area contributed by atoms with Crippen molar-refractivity contribution in [1.82, 2.24) is 20.1 Å². The average Bonchev–Trinajstić information content (AvgIpc) is 3.10. The topological polar surface area (TPSA) is 59.8 Å². The van der Waals surface area contributed by atoms with Crippen molar-refractivity contribution < 1.29 is 4.79 Å². The van der Waals surface area contributed by atoms with E-state index < -0.39 is 0 Å². The summed E-state index contributed by atoms with van der Waals surface area (Å²) in [4.78, 5) is 12.1. The number of aromatic nitrogens is 3. The first-order chi connectivity index (χ1) is 14.4. The van der Waals surface area contributed by atoms with E-state index >= 15 is 0 Å². The number of rotatable bonds is 8. The molecule has 3 aromatic rings. The molecule has 158 valence electrons. The Balaban J connectivity index is 1.95. The maximum atomic E-state index is 12.1. The molecule has 1 N–H and O–H groups in total. The van der Waals surface area contributed by atoms with Gasteiger partial charge in [-0.25, -0.2) is 0 Å². The van der Waals surface area contributed by atoms with Crippen molar-refractivity contribution in [3.05, 3.63) is 69.5 Å². The van der Waals surface area contributed by atoms with E-state index in [-0.39, 0.29) is 11.9 Å². The van der Waals surface area contributed by atoms with Gasteiger partial charge in [-0.15, -0.1) is 10.2 Å². The van der Waals surface area contributed by atoms with Crippen LogP contribution in [0.15, 0.2) is 47.6 Å². The first-order valence-electron chi connectivity index (χ1n) is 9.77. The molecule has 0 spiro atoms. The van der Waals surface area contributed by atoms with Gasteiger partial charge in [0.25, 0.3) is 0 Å². The molecule has 0 bridgehead atoms. The smallest absolute Gasteiger partial charge is 0.220 e. The Hall–Kier alpha value is -2.02. The number of halogens is 2. The van der Waals surface area contributed by atoms with Gasteiger partial charge in [0, 0.05) is 17.2 Å². The molecular weight excluding hydrogens is 439 g/mol. The monoisotopic (exact) mass is 462 g/mol. The van der Waals surface area contributed by atoms with Crippen molar-refractivity contribution in [2.24, 2.45) is 0 Å². The van der Waals surface area contributed by atoms with Gasteiger partial charge in [-0.1, -0.05) is 71.7 Å². The number of nitrogens with zero attached hydrogens (tertiary/aromatic N) is 3. The summed E-state index contributed by atoms with van der Waals surface area (Å²) in [7, 11) is 0. The third kappa shape index (κ3) is 5.56. The highest BCUT2D eigenvalue weighted by Gasteiger charge is 2.22. The van der Waals surface area contributed by atoms with Crippen LogP contribution in [0.2, 0.25) is 10.0 Å². The molecule has 0 radical (unpaired) electrons. The van der Waals surface area contributed by atoms with E-state index in [9.17, 15) is 4.79 Å². The predicted octanol–water partition coefficient (Wildman–Crippen LogP) is 6.15. The van der Waals surface area contributed by atoms with Crippen molar-refractivity contribution in [2.45, 2.75) is 50.6 Å². The molecule has 0 aliphatic carbocycles. The van der Waals surface area contributed by atoms with Crippen molar-refractivity contribution >= 4 is 40.9 Å². The predicted molar refractivity (Wildman–Crippen MR) is 124 cm³/mol. The Morgan fingerprint density at radius 1 is 1.20 bits per heavy atom. The zero-order chi connectivity index (χ0) is 21.7. The molecule has 1 amide bonds. The first-order valence-corrected chi connectivity index (χ1v) is 11.5. The van der Waals surface area contributed by atoms with Crippen molar-refractivity contribution in [3.63, 3.8) is 0 Å². The van der Waals surface area contributed by atoms with Crippen LogP contribution >= 0.6 is 35.0 Å². The van der Waals surface area contributed by atoms with Crippen LogP contribution in [0.1, 0.15) is 49.7 Å². The Bertz CT molecular complexity index is 1040. The van der Waals surface area contributed by atoms with Crippen molar-refractivity contribution in [1.29, 1.82) is 0 Å². The molecule has 1 heterocycles. The minimum absolute atomic E-state index is 0.0179. The second kappa shape index (κ2) is 10.3. The summed E-state index contributed by atoms with van der Waals surface area (Å²) in [6, 6.07) is 13.3. The van der Waals surface area contributed by atoms with Gasteiger partial charge in [-0.05, 0) is 44.0 Å². The summed E-state index contributed by atoms with van der Waals surface area (Å²) in [5.74, 6) is 1.34. The van der Waals surface area contributed by atoms with Crippen LogP contribution < -0.4 is 5.32 Å². The first kappa shape index (κ1) is 22.7. The van der Waals surface area contributed by atoms with Gasteiger partial charge in [0.2, 0.25) is 5.91 Å². The molecule has 1 aromatic heterocycles. The zero-order valence-electron chi connectivity index (χ0n) is 17.2. The number of amides is 1. The molecule has 5 nitrogen and oxygen atoms in total. The summed E-state index contributed by atoms with van der Waals surface area (Å²) in [5.41, 5.74) is 3.13. The third-order valence-electron chi connectivity index (χ3n) is 4.50. The highest BCUT2D eigenvalue weighted by atomic mass is 35.5. The highest BCUT2D eigenvalue weighted by Crippen LogP contribution is 2.32. The Morgan fingerprint density at radius 2 is 2.00 bits per heavy atom. The summed E-state index contributed by atoms with van der Waals surface area (Å²) in [6.45, 7) is 5.94. The number of thioether (sulfide) groups is 1. The molecule has 1 unspecified atom stereocenters. The standard InChI is InChI=1S/C22H24Cl2N4OS/c1-4-6-20(29)25-15(3)21-26-27-22(30-13-16-8-5-7-14(2)11-16)28(21)19-10-9-17(23)12-18(19)24/h5,7-12,15H,4,6,13H2,1-3H3,(H,25,29). The summed E-state index contributed by atoms with van der Waals surface area (Å²) < 4.78 is 1.90. The Labute approximate surface area is 191 Å². The number of hydrogen-bond acceptors (Lipinski definition) is 4. The lowest BCUT2D eigenvalue weighted by Gasteiger charge is -2.17. The van der Waals surface area contributed by atoms with Crippen LogP contribution in [0.3, 0.4) is 0 Å².